The van der Waals surface area contributed by atoms with Gasteiger partial charge in [0, 0.05) is 21.9 Å². The maximum Gasteiger partial charge on any atom is 0.345 e. The topological polar surface area (TPSA) is 108 Å². The van der Waals surface area contributed by atoms with E-state index in [9.17, 15) is 19.7 Å². The number of ether oxygens (including phenoxy) is 2. The van der Waals surface area contributed by atoms with Gasteiger partial charge in [0.1, 0.15) is 15.3 Å². The summed E-state index contributed by atoms with van der Waals surface area (Å²) >= 11 is 5.19. The molecule has 1 N–H and O–H groups in total. The van der Waals surface area contributed by atoms with Crippen LogP contribution < -0.4 is 14.8 Å². The zero-order valence-electron chi connectivity index (χ0n) is 19.2. The Morgan fingerprint density at radius 1 is 0.919 bits per heavy atom. The summed E-state index contributed by atoms with van der Waals surface area (Å²) in [7, 11) is 3.15. The average molecular weight is 553 g/mol. The highest BCUT2D eigenvalue weighted by molar-refractivity contribution is 7.80. The minimum Gasteiger partial charge on any atom is -0.427 e. The molecule has 4 rings (SSSR count). The predicted octanol–water partition coefficient (Wildman–Crippen LogP) is 7.13. The first-order valence-corrected chi connectivity index (χ1v) is 13.6. The van der Waals surface area contributed by atoms with E-state index in [0.717, 1.165) is 14.3 Å². The second kappa shape index (κ2) is 12.3. The van der Waals surface area contributed by atoms with Crippen molar-refractivity contribution < 1.29 is 24.0 Å². The number of carbonyl (C=O) groups is 2. The molecule has 0 aliphatic carbocycles. The van der Waals surface area contributed by atoms with Crippen molar-refractivity contribution in [2.45, 2.75) is 12.8 Å². The van der Waals surface area contributed by atoms with Gasteiger partial charge in [-0.1, -0.05) is 45.0 Å². The number of benzene rings is 3. The number of hydrogen-bond acceptors (Lipinski definition) is 10. The van der Waals surface area contributed by atoms with E-state index in [2.05, 4.69) is 5.32 Å². The maximum atomic E-state index is 12.9. The van der Waals surface area contributed by atoms with Crippen molar-refractivity contribution in [3.63, 3.8) is 0 Å². The molecule has 1 aromatic heterocycles. The van der Waals surface area contributed by atoms with Crippen molar-refractivity contribution in [3.05, 3.63) is 98.4 Å². The number of para-hydroxylation sites is 1. The third kappa shape index (κ3) is 7.53. The first kappa shape index (κ1) is 26.1. The van der Waals surface area contributed by atoms with Gasteiger partial charge in [0.15, 0.2) is 0 Å². The van der Waals surface area contributed by atoms with E-state index in [1.807, 2.05) is 18.2 Å². The summed E-state index contributed by atoms with van der Waals surface area (Å²) in [5.74, 6) is -0.307. The molecule has 0 spiro atoms. The second-order valence-corrected chi connectivity index (χ2v) is 10.6. The van der Waals surface area contributed by atoms with Crippen LogP contribution in [0.15, 0.2) is 78.9 Å². The van der Waals surface area contributed by atoms with Crippen LogP contribution in [-0.4, -0.2) is 23.4 Å². The predicted molar refractivity (Wildman–Crippen MR) is 146 cm³/mol. The summed E-state index contributed by atoms with van der Waals surface area (Å²) in [6.07, 6.45) is 0.0800. The molecule has 0 fully saturated rings. The van der Waals surface area contributed by atoms with Crippen LogP contribution in [0.1, 0.15) is 23.2 Å². The maximum absolute atomic E-state index is 12.9. The SMILES string of the molecule is O=C(CCC[N+](=O)[O-])Oc1ccc(Nc2ccccc2C(=O)Oc2ccc(-c3cc(=S)ss3)cc2)cc1. The molecule has 11 heteroatoms. The average Bonchev–Trinajstić information content (AvgIpc) is 3.32. The Morgan fingerprint density at radius 2 is 1.59 bits per heavy atom. The third-order valence-corrected chi connectivity index (χ3v) is 7.96. The lowest BCUT2D eigenvalue weighted by molar-refractivity contribution is -0.480. The molecule has 188 valence electrons. The Hall–Kier alpha value is -3.93. The van der Waals surface area contributed by atoms with Gasteiger partial charge in [0.2, 0.25) is 6.54 Å². The van der Waals surface area contributed by atoms with Crippen molar-refractivity contribution in [2.75, 3.05) is 11.9 Å². The molecule has 0 unspecified atom stereocenters. The molecule has 0 bridgehead atoms. The van der Waals surface area contributed by atoms with Gasteiger partial charge in [-0.25, -0.2) is 4.79 Å². The third-order valence-electron chi connectivity index (χ3n) is 5.05. The van der Waals surface area contributed by atoms with Gasteiger partial charge in [-0.15, -0.1) is 0 Å². The molecule has 0 radical (unpaired) electrons. The summed E-state index contributed by atoms with van der Waals surface area (Å²) in [4.78, 5) is 35.7. The van der Waals surface area contributed by atoms with Crippen LogP contribution in [0.25, 0.3) is 10.4 Å². The number of hydrogen-bond donors (Lipinski definition) is 1. The molecule has 3 aromatic carbocycles. The van der Waals surface area contributed by atoms with Crippen molar-refractivity contribution in [2.24, 2.45) is 0 Å². The molecule has 0 aliphatic rings. The van der Waals surface area contributed by atoms with Gasteiger partial charge in [0.25, 0.3) is 0 Å². The Labute approximate surface area is 224 Å². The Morgan fingerprint density at radius 3 is 2.27 bits per heavy atom. The number of rotatable bonds is 10. The number of carbonyl (C=O) groups excluding carboxylic acids is 2. The zero-order valence-corrected chi connectivity index (χ0v) is 21.7. The highest BCUT2D eigenvalue weighted by atomic mass is 32.9. The molecule has 0 aliphatic heterocycles. The van der Waals surface area contributed by atoms with E-state index in [1.165, 1.54) is 0 Å². The summed E-state index contributed by atoms with van der Waals surface area (Å²) in [6.45, 7) is -0.281. The minimum absolute atomic E-state index is 0.0385. The number of esters is 2. The smallest absolute Gasteiger partial charge is 0.345 e. The number of anilines is 2. The normalized spacial score (nSPS) is 10.5. The first-order chi connectivity index (χ1) is 17.9. The van der Waals surface area contributed by atoms with E-state index in [-0.39, 0.29) is 19.4 Å². The first-order valence-electron chi connectivity index (χ1n) is 11.1. The van der Waals surface area contributed by atoms with Crippen LogP contribution in [0.5, 0.6) is 11.5 Å². The van der Waals surface area contributed by atoms with Gasteiger partial charge >= 0.3 is 11.9 Å². The lowest BCUT2D eigenvalue weighted by atomic mass is 10.1. The van der Waals surface area contributed by atoms with Crippen LogP contribution in [0, 0.1) is 13.9 Å². The van der Waals surface area contributed by atoms with Crippen LogP contribution in [0.3, 0.4) is 0 Å². The van der Waals surface area contributed by atoms with E-state index in [4.69, 9.17) is 21.7 Å². The van der Waals surface area contributed by atoms with Crippen molar-refractivity contribution in [1.82, 2.24) is 0 Å². The molecule has 0 amide bonds. The van der Waals surface area contributed by atoms with E-state index < -0.39 is 16.9 Å². The van der Waals surface area contributed by atoms with Gasteiger partial charge in [-0.3, -0.25) is 14.9 Å². The van der Waals surface area contributed by atoms with E-state index >= 15 is 0 Å². The van der Waals surface area contributed by atoms with Crippen molar-refractivity contribution in [1.29, 1.82) is 0 Å². The van der Waals surface area contributed by atoms with Crippen LogP contribution >= 0.6 is 32.9 Å². The molecule has 0 saturated heterocycles. The highest BCUT2D eigenvalue weighted by Crippen LogP contribution is 2.31. The Kier molecular flexibility index (Phi) is 8.72. The molecule has 37 heavy (non-hydrogen) atoms. The summed E-state index contributed by atoms with van der Waals surface area (Å²) in [5, 5.41) is 13.5. The van der Waals surface area contributed by atoms with Crippen molar-refractivity contribution >= 4 is 56.2 Å². The standard InChI is InChI=1S/C26H20N2O6S3/c29-24(6-3-15-28(31)32)33-19-13-9-18(10-14-19)27-22-5-2-1-4-21(22)26(30)34-20-11-7-17(8-12-20)23-16-25(35)37-36-23/h1-2,4-5,7-14,16,27H,3,6,15H2. The van der Waals surface area contributed by atoms with E-state index in [1.54, 1.807) is 81.3 Å². The molecule has 0 atom stereocenters. The number of nitrogens with one attached hydrogen (secondary N) is 1. The van der Waals surface area contributed by atoms with E-state index in [0.29, 0.717) is 28.4 Å². The monoisotopic (exact) mass is 552 g/mol. The molecular formula is C26H20N2O6S3. The largest absolute Gasteiger partial charge is 0.427 e. The number of nitrogens with zero attached hydrogens (tertiary/aromatic N) is 1. The Bertz CT molecular complexity index is 1460. The lowest BCUT2D eigenvalue weighted by Crippen LogP contribution is -2.11. The fraction of sp³-hybridized carbons (Fsp3) is 0.115. The molecule has 4 aromatic rings. The second-order valence-electron chi connectivity index (χ2n) is 7.74. The van der Waals surface area contributed by atoms with Gasteiger partial charge in [-0.2, -0.15) is 0 Å². The van der Waals surface area contributed by atoms with Crippen LogP contribution in [0.2, 0.25) is 0 Å². The Balaban J connectivity index is 1.38. The van der Waals surface area contributed by atoms with Gasteiger partial charge in [0.05, 0.1) is 17.7 Å². The summed E-state index contributed by atoms with van der Waals surface area (Å²) in [5.41, 5.74) is 2.57. The summed E-state index contributed by atoms with van der Waals surface area (Å²) in [6, 6.07) is 22.8. The lowest BCUT2D eigenvalue weighted by Gasteiger charge is -2.12. The van der Waals surface area contributed by atoms with Gasteiger partial charge < -0.3 is 14.8 Å². The van der Waals surface area contributed by atoms with Gasteiger partial charge in [-0.05, 0) is 72.3 Å². The van der Waals surface area contributed by atoms with Crippen LogP contribution in [0.4, 0.5) is 11.4 Å². The fourth-order valence-corrected chi connectivity index (χ4v) is 5.69. The highest BCUT2D eigenvalue weighted by Gasteiger charge is 2.14. The minimum atomic E-state index is -0.537. The molecule has 0 saturated carbocycles. The quantitative estimate of drug-likeness (QED) is 0.0553. The zero-order chi connectivity index (χ0) is 26.2. The molecular weight excluding hydrogens is 532 g/mol. The molecule has 8 nitrogen and oxygen atoms in total. The number of nitro groups is 1. The van der Waals surface area contributed by atoms with Crippen LogP contribution in [-0.2, 0) is 4.79 Å². The van der Waals surface area contributed by atoms with Crippen molar-refractivity contribution in [3.8, 4) is 21.9 Å². The molecule has 1 heterocycles. The summed E-state index contributed by atoms with van der Waals surface area (Å²) < 4.78 is 11.6. The fourth-order valence-electron chi connectivity index (χ4n) is 3.29.